The number of hydrogen-bond acceptors (Lipinski definition) is 4. The Kier molecular flexibility index (Phi) is 6.63. The van der Waals surface area contributed by atoms with Crippen molar-refractivity contribution in [1.82, 2.24) is 0 Å². The Balaban J connectivity index is 1.28. The molecule has 0 heterocycles. The molecule has 1 aliphatic carbocycles. The van der Waals surface area contributed by atoms with E-state index in [1.807, 2.05) is 42.5 Å². The third kappa shape index (κ3) is 4.50. The van der Waals surface area contributed by atoms with Crippen molar-refractivity contribution in [1.29, 1.82) is 0 Å². The molecule has 0 saturated carbocycles. The normalized spacial score (nSPS) is 11.7. The van der Waals surface area contributed by atoms with Crippen molar-refractivity contribution in [2.24, 2.45) is 0 Å². The number of carbonyl (C=O) groups is 2. The zero-order chi connectivity index (χ0) is 24.4. The highest BCUT2D eigenvalue weighted by Gasteiger charge is 2.28. The first-order chi connectivity index (χ1) is 16.3. The van der Waals surface area contributed by atoms with Gasteiger partial charge in [0, 0.05) is 12.8 Å². The molecular formula is C25H17F5O4. The number of carbonyl (C=O) groups excluding carboxylic acids is 2. The molecule has 4 nitrogen and oxygen atoms in total. The van der Waals surface area contributed by atoms with Crippen molar-refractivity contribution in [3.8, 4) is 16.9 Å². The highest BCUT2D eigenvalue weighted by Crippen LogP contribution is 2.38. The third-order valence-electron chi connectivity index (χ3n) is 5.48. The van der Waals surface area contributed by atoms with Crippen LogP contribution < -0.4 is 4.74 Å². The number of hydrogen-bond donors (Lipinski definition) is 0. The molecule has 0 N–H and O–H groups in total. The summed E-state index contributed by atoms with van der Waals surface area (Å²) in [7, 11) is 0. The second kappa shape index (κ2) is 9.62. The SMILES string of the molecule is O=C(CCCC(=O)Oc1c(F)c(F)c(F)c(F)c1F)OCc1cccc2c1Cc1ccccc1-2. The lowest BCUT2D eigenvalue weighted by Gasteiger charge is -2.10. The third-order valence-corrected chi connectivity index (χ3v) is 5.48. The number of benzene rings is 3. The molecule has 3 aromatic rings. The lowest BCUT2D eigenvalue weighted by Crippen LogP contribution is -2.14. The maximum atomic E-state index is 13.6. The van der Waals surface area contributed by atoms with Gasteiger partial charge in [-0.3, -0.25) is 9.59 Å². The fraction of sp³-hybridized carbons (Fsp3) is 0.200. The van der Waals surface area contributed by atoms with Crippen LogP contribution in [-0.4, -0.2) is 11.9 Å². The van der Waals surface area contributed by atoms with Crippen LogP contribution in [0.5, 0.6) is 5.75 Å². The largest absolute Gasteiger partial charge is 0.461 e. The molecule has 0 aliphatic heterocycles. The van der Waals surface area contributed by atoms with Crippen molar-refractivity contribution < 1.29 is 41.0 Å². The van der Waals surface area contributed by atoms with Gasteiger partial charge in [-0.1, -0.05) is 42.5 Å². The molecule has 9 heteroatoms. The van der Waals surface area contributed by atoms with E-state index in [0.717, 1.165) is 28.7 Å². The average molecular weight is 476 g/mol. The first kappa shape index (κ1) is 23.4. The van der Waals surface area contributed by atoms with Gasteiger partial charge in [0.1, 0.15) is 6.61 Å². The Morgan fingerprint density at radius 1 is 0.735 bits per heavy atom. The quantitative estimate of drug-likeness (QED) is 0.112. The van der Waals surface area contributed by atoms with Gasteiger partial charge < -0.3 is 9.47 Å². The average Bonchev–Trinajstić information content (AvgIpc) is 3.22. The second-order valence-corrected chi connectivity index (χ2v) is 7.66. The van der Waals surface area contributed by atoms with Gasteiger partial charge in [-0.2, -0.15) is 8.78 Å². The maximum absolute atomic E-state index is 13.6. The van der Waals surface area contributed by atoms with Crippen LogP contribution in [0.3, 0.4) is 0 Å². The summed E-state index contributed by atoms with van der Waals surface area (Å²) in [6.07, 6.45) is -0.0831. The first-order valence-corrected chi connectivity index (χ1v) is 10.3. The summed E-state index contributed by atoms with van der Waals surface area (Å²) in [4.78, 5) is 23.8. The zero-order valence-corrected chi connectivity index (χ0v) is 17.6. The van der Waals surface area contributed by atoms with Crippen molar-refractivity contribution in [3.05, 3.63) is 88.2 Å². The molecule has 4 rings (SSSR count). The van der Waals surface area contributed by atoms with Crippen LogP contribution in [0.4, 0.5) is 22.0 Å². The highest BCUT2D eigenvalue weighted by atomic mass is 19.2. The predicted octanol–water partition coefficient (Wildman–Crippen LogP) is 5.77. The summed E-state index contributed by atoms with van der Waals surface area (Å²) < 4.78 is 76.2. The van der Waals surface area contributed by atoms with Gasteiger partial charge >= 0.3 is 11.9 Å². The van der Waals surface area contributed by atoms with Gasteiger partial charge in [0.2, 0.25) is 34.8 Å². The Labute approximate surface area is 190 Å². The fourth-order valence-electron chi connectivity index (χ4n) is 3.81. The lowest BCUT2D eigenvalue weighted by molar-refractivity contribution is -0.145. The van der Waals surface area contributed by atoms with Crippen LogP contribution in [-0.2, 0) is 27.4 Å². The minimum atomic E-state index is -2.36. The molecule has 0 atom stereocenters. The molecule has 0 spiro atoms. The summed E-state index contributed by atoms with van der Waals surface area (Å²) in [6, 6.07) is 13.7. The molecule has 34 heavy (non-hydrogen) atoms. The molecule has 0 fully saturated rings. The van der Waals surface area contributed by atoms with Crippen LogP contribution in [0.15, 0.2) is 42.5 Å². The van der Waals surface area contributed by atoms with Crippen LogP contribution >= 0.6 is 0 Å². The number of esters is 2. The van der Waals surface area contributed by atoms with E-state index in [-0.39, 0.29) is 19.4 Å². The van der Waals surface area contributed by atoms with E-state index < -0.39 is 53.2 Å². The van der Waals surface area contributed by atoms with Crippen LogP contribution in [0.1, 0.15) is 36.0 Å². The molecule has 0 amide bonds. The van der Waals surface area contributed by atoms with Crippen LogP contribution in [0.2, 0.25) is 0 Å². The predicted molar refractivity (Wildman–Crippen MR) is 110 cm³/mol. The van der Waals surface area contributed by atoms with Crippen molar-refractivity contribution in [2.75, 3.05) is 0 Å². The standard InChI is InChI=1S/C25H17F5O4/c26-20-21(27)23(29)25(24(30)22(20)28)34-19(32)10-4-9-18(31)33-12-14-6-3-8-16-15-7-2-1-5-13(15)11-17(14)16/h1-3,5-8H,4,9-12H2. The van der Waals surface area contributed by atoms with Crippen molar-refractivity contribution >= 4 is 11.9 Å². The van der Waals surface area contributed by atoms with E-state index in [0.29, 0.717) is 0 Å². The molecule has 0 saturated heterocycles. The maximum Gasteiger partial charge on any atom is 0.311 e. The van der Waals surface area contributed by atoms with Crippen molar-refractivity contribution in [3.63, 3.8) is 0 Å². The molecule has 1 aliphatic rings. The van der Waals surface area contributed by atoms with E-state index in [1.54, 1.807) is 0 Å². The van der Waals surface area contributed by atoms with E-state index >= 15 is 0 Å². The lowest BCUT2D eigenvalue weighted by atomic mass is 10.0. The van der Waals surface area contributed by atoms with Gasteiger partial charge in [-0.05, 0) is 40.7 Å². The van der Waals surface area contributed by atoms with Gasteiger partial charge in [-0.25, -0.2) is 13.2 Å². The molecule has 3 aromatic carbocycles. The molecular weight excluding hydrogens is 459 g/mol. The Morgan fingerprint density at radius 2 is 1.35 bits per heavy atom. The number of ether oxygens (including phenoxy) is 2. The smallest absolute Gasteiger partial charge is 0.311 e. The zero-order valence-electron chi connectivity index (χ0n) is 17.6. The van der Waals surface area contributed by atoms with E-state index in [2.05, 4.69) is 4.74 Å². The van der Waals surface area contributed by atoms with E-state index in [1.165, 1.54) is 5.56 Å². The molecule has 176 valence electrons. The molecule has 0 aromatic heterocycles. The van der Waals surface area contributed by atoms with Crippen LogP contribution in [0, 0.1) is 29.1 Å². The summed E-state index contributed by atoms with van der Waals surface area (Å²) >= 11 is 0. The number of rotatable bonds is 7. The Hall–Kier alpha value is -3.75. The Bertz CT molecular complexity index is 1260. The number of fused-ring (bicyclic) bond motifs is 3. The van der Waals surface area contributed by atoms with Crippen LogP contribution in [0.25, 0.3) is 11.1 Å². The van der Waals surface area contributed by atoms with E-state index in [9.17, 15) is 31.5 Å². The monoisotopic (exact) mass is 476 g/mol. The summed E-state index contributed by atoms with van der Waals surface area (Å²) in [5.74, 6) is -14.8. The summed E-state index contributed by atoms with van der Waals surface area (Å²) in [6.45, 7) is 0.0327. The summed E-state index contributed by atoms with van der Waals surface area (Å²) in [5.41, 5.74) is 5.33. The number of halogens is 5. The van der Waals surface area contributed by atoms with Gasteiger partial charge in [-0.15, -0.1) is 0 Å². The second-order valence-electron chi connectivity index (χ2n) is 7.66. The van der Waals surface area contributed by atoms with Crippen molar-refractivity contribution in [2.45, 2.75) is 32.3 Å². The minimum absolute atomic E-state index is 0.0327. The fourth-order valence-corrected chi connectivity index (χ4v) is 3.81. The Morgan fingerprint density at radius 3 is 2.09 bits per heavy atom. The molecule has 0 radical (unpaired) electrons. The van der Waals surface area contributed by atoms with E-state index in [4.69, 9.17) is 4.74 Å². The topological polar surface area (TPSA) is 52.6 Å². The molecule has 0 bridgehead atoms. The highest BCUT2D eigenvalue weighted by molar-refractivity contribution is 5.78. The van der Waals surface area contributed by atoms with Gasteiger partial charge in [0.05, 0.1) is 0 Å². The first-order valence-electron chi connectivity index (χ1n) is 10.3. The van der Waals surface area contributed by atoms with Gasteiger partial charge in [0.15, 0.2) is 0 Å². The summed E-state index contributed by atoms with van der Waals surface area (Å²) in [5, 5.41) is 0. The van der Waals surface area contributed by atoms with Gasteiger partial charge in [0.25, 0.3) is 0 Å². The minimum Gasteiger partial charge on any atom is -0.461 e. The molecule has 0 unspecified atom stereocenters.